The van der Waals surface area contributed by atoms with Gasteiger partial charge in [0.1, 0.15) is 5.82 Å². The molecule has 94 valence electrons. The maximum Gasteiger partial charge on any atom is 0.146 e. The molecule has 0 aromatic heterocycles. The summed E-state index contributed by atoms with van der Waals surface area (Å²) in [5.41, 5.74) is 1.65. The van der Waals surface area contributed by atoms with Crippen molar-refractivity contribution >= 4 is 5.69 Å². The van der Waals surface area contributed by atoms with Crippen LogP contribution in [0.2, 0.25) is 0 Å². The Labute approximate surface area is 102 Å². The lowest BCUT2D eigenvalue weighted by Gasteiger charge is -2.29. The van der Waals surface area contributed by atoms with Crippen molar-refractivity contribution in [3.05, 3.63) is 29.6 Å². The van der Waals surface area contributed by atoms with E-state index in [1.165, 1.54) is 0 Å². The normalized spacial score (nSPS) is 18.2. The SMILES string of the molecule is CN[C@H](C)c1ccc(N2CCOCC2)c(F)c1. The fourth-order valence-electron chi connectivity index (χ4n) is 2.02. The molecule has 1 heterocycles. The van der Waals surface area contributed by atoms with E-state index in [4.69, 9.17) is 4.74 Å². The monoisotopic (exact) mass is 238 g/mol. The van der Waals surface area contributed by atoms with Gasteiger partial charge in [-0.1, -0.05) is 6.07 Å². The molecule has 0 saturated carbocycles. The van der Waals surface area contributed by atoms with Crippen LogP contribution < -0.4 is 10.2 Å². The van der Waals surface area contributed by atoms with Crippen LogP contribution >= 0.6 is 0 Å². The van der Waals surface area contributed by atoms with Crippen molar-refractivity contribution in [2.24, 2.45) is 0 Å². The Hall–Kier alpha value is -1.13. The van der Waals surface area contributed by atoms with E-state index in [1.807, 2.05) is 31.0 Å². The molecule has 3 nitrogen and oxygen atoms in total. The standard InChI is InChI=1S/C13H19FN2O/c1-10(15-2)11-3-4-13(12(14)9-11)16-5-7-17-8-6-16/h3-4,9-10,15H,5-8H2,1-2H3/t10-/m1/s1. The minimum Gasteiger partial charge on any atom is -0.378 e. The molecule has 1 aromatic rings. The smallest absolute Gasteiger partial charge is 0.146 e. The average Bonchev–Trinajstić information content (AvgIpc) is 2.38. The molecule has 1 N–H and O–H groups in total. The lowest BCUT2D eigenvalue weighted by molar-refractivity contribution is 0.122. The van der Waals surface area contributed by atoms with Crippen molar-refractivity contribution < 1.29 is 9.13 Å². The topological polar surface area (TPSA) is 24.5 Å². The highest BCUT2D eigenvalue weighted by atomic mass is 19.1. The Morgan fingerprint density at radius 3 is 2.65 bits per heavy atom. The van der Waals surface area contributed by atoms with Gasteiger partial charge in [0.05, 0.1) is 18.9 Å². The number of halogens is 1. The van der Waals surface area contributed by atoms with E-state index in [0.29, 0.717) is 18.9 Å². The highest BCUT2D eigenvalue weighted by Gasteiger charge is 2.16. The van der Waals surface area contributed by atoms with Gasteiger partial charge < -0.3 is 15.0 Å². The van der Waals surface area contributed by atoms with E-state index in [-0.39, 0.29) is 11.9 Å². The molecular formula is C13H19FN2O. The average molecular weight is 238 g/mol. The number of nitrogens with zero attached hydrogens (tertiary/aromatic N) is 1. The predicted molar refractivity (Wildman–Crippen MR) is 66.9 cm³/mol. The highest BCUT2D eigenvalue weighted by molar-refractivity contribution is 5.49. The quantitative estimate of drug-likeness (QED) is 0.871. The number of ether oxygens (including phenoxy) is 1. The summed E-state index contributed by atoms with van der Waals surface area (Å²) in [4.78, 5) is 2.03. The van der Waals surface area contributed by atoms with Crippen molar-refractivity contribution in [3.8, 4) is 0 Å². The second-order valence-electron chi connectivity index (χ2n) is 4.32. The molecule has 1 aromatic carbocycles. The van der Waals surface area contributed by atoms with Crippen LogP contribution in [-0.4, -0.2) is 33.4 Å². The molecule has 1 aliphatic rings. The van der Waals surface area contributed by atoms with Crippen molar-refractivity contribution in [1.29, 1.82) is 0 Å². The summed E-state index contributed by atoms with van der Waals surface area (Å²) in [6, 6.07) is 5.63. The van der Waals surface area contributed by atoms with E-state index in [1.54, 1.807) is 6.07 Å². The van der Waals surface area contributed by atoms with Gasteiger partial charge in [-0.2, -0.15) is 0 Å². The first-order valence-corrected chi connectivity index (χ1v) is 6.02. The summed E-state index contributed by atoms with van der Waals surface area (Å²) in [6.07, 6.45) is 0. The zero-order valence-electron chi connectivity index (χ0n) is 10.4. The molecule has 0 radical (unpaired) electrons. The lowest BCUT2D eigenvalue weighted by Crippen LogP contribution is -2.36. The minimum absolute atomic E-state index is 0.147. The van der Waals surface area contributed by atoms with Gasteiger partial charge >= 0.3 is 0 Å². The molecule has 0 aliphatic carbocycles. The van der Waals surface area contributed by atoms with Gasteiger partial charge in [-0.15, -0.1) is 0 Å². The Bertz CT molecular complexity index is 378. The van der Waals surface area contributed by atoms with E-state index < -0.39 is 0 Å². The zero-order valence-corrected chi connectivity index (χ0v) is 10.4. The Morgan fingerprint density at radius 1 is 1.35 bits per heavy atom. The largest absolute Gasteiger partial charge is 0.378 e. The summed E-state index contributed by atoms with van der Waals surface area (Å²) in [5, 5.41) is 3.11. The Balaban J connectivity index is 2.18. The van der Waals surface area contributed by atoms with Gasteiger partial charge in [0.15, 0.2) is 0 Å². The van der Waals surface area contributed by atoms with Crippen LogP contribution in [0.3, 0.4) is 0 Å². The number of hydrogen-bond donors (Lipinski definition) is 1. The summed E-state index contributed by atoms with van der Waals surface area (Å²) >= 11 is 0. The molecule has 1 atom stereocenters. The first kappa shape index (κ1) is 12.3. The molecule has 0 bridgehead atoms. The number of morpholine rings is 1. The number of benzene rings is 1. The molecule has 4 heteroatoms. The second kappa shape index (κ2) is 5.47. The third-order valence-electron chi connectivity index (χ3n) is 3.26. The Morgan fingerprint density at radius 2 is 2.06 bits per heavy atom. The van der Waals surface area contributed by atoms with Crippen molar-refractivity contribution in [2.75, 3.05) is 38.3 Å². The highest BCUT2D eigenvalue weighted by Crippen LogP contribution is 2.24. The van der Waals surface area contributed by atoms with Crippen molar-refractivity contribution in [2.45, 2.75) is 13.0 Å². The molecule has 0 unspecified atom stereocenters. The van der Waals surface area contributed by atoms with Crippen LogP contribution in [0, 0.1) is 5.82 Å². The molecule has 17 heavy (non-hydrogen) atoms. The number of anilines is 1. The van der Waals surface area contributed by atoms with E-state index in [9.17, 15) is 4.39 Å². The molecular weight excluding hydrogens is 219 g/mol. The van der Waals surface area contributed by atoms with Crippen LogP contribution in [0.4, 0.5) is 10.1 Å². The lowest BCUT2D eigenvalue weighted by atomic mass is 10.1. The fraction of sp³-hybridized carbons (Fsp3) is 0.538. The second-order valence-corrected chi connectivity index (χ2v) is 4.32. The summed E-state index contributed by atoms with van der Waals surface area (Å²) in [6.45, 7) is 4.89. The predicted octanol–water partition coefficient (Wildman–Crippen LogP) is 1.94. The van der Waals surface area contributed by atoms with Gasteiger partial charge in [0.25, 0.3) is 0 Å². The Kier molecular flexibility index (Phi) is 3.97. The van der Waals surface area contributed by atoms with Gasteiger partial charge in [0.2, 0.25) is 0 Å². The van der Waals surface area contributed by atoms with Crippen LogP contribution in [0.5, 0.6) is 0 Å². The number of hydrogen-bond acceptors (Lipinski definition) is 3. The summed E-state index contributed by atoms with van der Waals surface area (Å²) in [5.74, 6) is -0.147. The van der Waals surface area contributed by atoms with Crippen LogP contribution in [0.15, 0.2) is 18.2 Å². The van der Waals surface area contributed by atoms with Crippen LogP contribution in [-0.2, 0) is 4.74 Å². The number of nitrogens with one attached hydrogen (secondary N) is 1. The van der Waals surface area contributed by atoms with Gasteiger partial charge in [0, 0.05) is 19.1 Å². The van der Waals surface area contributed by atoms with Gasteiger partial charge in [-0.25, -0.2) is 4.39 Å². The fourth-order valence-corrected chi connectivity index (χ4v) is 2.02. The zero-order chi connectivity index (χ0) is 12.3. The first-order valence-electron chi connectivity index (χ1n) is 6.02. The van der Waals surface area contributed by atoms with Crippen molar-refractivity contribution in [1.82, 2.24) is 5.32 Å². The third-order valence-corrected chi connectivity index (χ3v) is 3.26. The molecule has 1 saturated heterocycles. The van der Waals surface area contributed by atoms with Crippen molar-refractivity contribution in [3.63, 3.8) is 0 Å². The van der Waals surface area contributed by atoms with E-state index in [0.717, 1.165) is 18.7 Å². The van der Waals surface area contributed by atoms with E-state index >= 15 is 0 Å². The summed E-state index contributed by atoms with van der Waals surface area (Å²) < 4.78 is 19.3. The number of rotatable bonds is 3. The minimum atomic E-state index is -0.147. The summed E-state index contributed by atoms with van der Waals surface area (Å²) in [7, 11) is 1.87. The molecule has 0 spiro atoms. The molecule has 0 amide bonds. The van der Waals surface area contributed by atoms with Gasteiger partial charge in [-0.3, -0.25) is 0 Å². The molecule has 1 fully saturated rings. The third kappa shape index (κ3) is 2.76. The van der Waals surface area contributed by atoms with Gasteiger partial charge in [-0.05, 0) is 31.7 Å². The van der Waals surface area contributed by atoms with Crippen LogP contribution in [0.25, 0.3) is 0 Å². The molecule has 1 aliphatic heterocycles. The maximum atomic E-state index is 14.0. The molecule has 2 rings (SSSR count). The maximum absolute atomic E-state index is 14.0. The van der Waals surface area contributed by atoms with E-state index in [2.05, 4.69) is 5.32 Å². The first-order chi connectivity index (χ1) is 8.22. The van der Waals surface area contributed by atoms with Crippen LogP contribution in [0.1, 0.15) is 18.5 Å².